The van der Waals surface area contributed by atoms with Crippen LogP contribution in [0.2, 0.25) is 5.02 Å². The number of hydrogen-bond acceptors (Lipinski definition) is 8. The Labute approximate surface area is 250 Å². The molecule has 226 valence electrons. The number of para-hydroxylation sites is 1. The number of nitrogens with zero attached hydrogens (tertiary/aromatic N) is 1. The molecule has 0 bridgehead atoms. The molecule has 42 heavy (non-hydrogen) atoms. The van der Waals surface area contributed by atoms with Crippen molar-refractivity contribution in [3.8, 4) is 11.5 Å². The number of carboxylic acids is 1. The van der Waals surface area contributed by atoms with Crippen molar-refractivity contribution >= 4 is 40.7 Å². The molecule has 1 amide bonds. The van der Waals surface area contributed by atoms with Crippen LogP contribution in [0.25, 0.3) is 0 Å². The summed E-state index contributed by atoms with van der Waals surface area (Å²) in [5.41, 5.74) is 7.96. The van der Waals surface area contributed by atoms with E-state index in [0.29, 0.717) is 33.3 Å². The molecule has 0 saturated carbocycles. The number of nitrogens with two attached hydrogens (primary N) is 1. The van der Waals surface area contributed by atoms with Gasteiger partial charge in [0.05, 0.1) is 12.7 Å². The van der Waals surface area contributed by atoms with Crippen molar-refractivity contribution in [2.45, 2.75) is 33.2 Å². The molecule has 1 heterocycles. The monoisotopic (exact) mass is 599 g/mol. The van der Waals surface area contributed by atoms with Crippen LogP contribution >= 0.6 is 11.6 Å². The number of ether oxygens (including phenoxy) is 2. The van der Waals surface area contributed by atoms with Gasteiger partial charge in [-0.15, -0.1) is 0 Å². The van der Waals surface area contributed by atoms with Crippen LogP contribution in [0.4, 0.5) is 11.4 Å². The van der Waals surface area contributed by atoms with Gasteiger partial charge in [-0.25, -0.2) is 4.79 Å². The van der Waals surface area contributed by atoms with Crippen molar-refractivity contribution in [1.29, 1.82) is 0 Å². The summed E-state index contributed by atoms with van der Waals surface area (Å²) in [5, 5.41) is 30.2. The van der Waals surface area contributed by atoms with Gasteiger partial charge in [-0.1, -0.05) is 42.7 Å². The number of carbonyl (C=O) groups excluding carboxylic acids is 1. The Morgan fingerprint density at radius 2 is 1.76 bits per heavy atom. The van der Waals surface area contributed by atoms with Crippen LogP contribution in [0.3, 0.4) is 0 Å². The van der Waals surface area contributed by atoms with Crippen molar-refractivity contribution in [2.24, 2.45) is 10.9 Å². The van der Waals surface area contributed by atoms with Crippen molar-refractivity contribution in [3.63, 3.8) is 0 Å². The number of aliphatic carboxylic acids is 1. The van der Waals surface area contributed by atoms with Gasteiger partial charge >= 0.3 is 5.97 Å². The van der Waals surface area contributed by atoms with Crippen molar-refractivity contribution in [1.82, 2.24) is 5.32 Å². The molecule has 4 rings (SSSR count). The number of hydrogen-bond donors (Lipinski definition) is 6. The summed E-state index contributed by atoms with van der Waals surface area (Å²) in [5.74, 6) is -0.913. The van der Waals surface area contributed by atoms with Crippen LogP contribution in [-0.4, -0.2) is 54.8 Å². The molecule has 11 nitrogen and oxygen atoms in total. The second-order valence-electron chi connectivity index (χ2n) is 8.65. The number of rotatable bonds is 10. The number of carbonyl (C=O) groups is 2. The van der Waals surface area contributed by atoms with Crippen LogP contribution in [0, 0.1) is 0 Å². The van der Waals surface area contributed by atoms with Gasteiger partial charge in [0.25, 0.3) is 5.91 Å². The van der Waals surface area contributed by atoms with E-state index in [1.54, 1.807) is 54.6 Å². The fourth-order valence-electron chi connectivity index (χ4n) is 3.81. The fraction of sp³-hybridized carbons (Fsp3) is 0.300. The van der Waals surface area contributed by atoms with Gasteiger partial charge < -0.3 is 41.5 Å². The SMILES string of the molecule is C1CCNC1.CC.COc1cccc(CNc2ccc(Cl)cc2C(=O)Nc2ccc(/C(N)=N/O)cc2)c1OCC(=O)O. The summed E-state index contributed by atoms with van der Waals surface area (Å²) < 4.78 is 10.7. The zero-order chi connectivity index (χ0) is 30.9. The predicted octanol–water partition coefficient (Wildman–Crippen LogP) is 5.17. The lowest BCUT2D eigenvalue weighted by atomic mass is 10.1. The topological polar surface area (TPSA) is 168 Å². The molecule has 3 aromatic rings. The zero-order valence-electron chi connectivity index (χ0n) is 23.9. The summed E-state index contributed by atoms with van der Waals surface area (Å²) in [6, 6.07) is 16.4. The number of methoxy groups -OCH3 is 1. The number of amides is 1. The Balaban J connectivity index is 0.000000781. The third kappa shape index (κ3) is 10.5. The Morgan fingerprint density at radius 1 is 1.07 bits per heavy atom. The number of carboxylic acid groups (broad SMARTS) is 1. The second-order valence-corrected chi connectivity index (χ2v) is 9.08. The lowest BCUT2D eigenvalue weighted by Gasteiger charge is -2.17. The molecule has 1 aliphatic heterocycles. The fourth-order valence-corrected chi connectivity index (χ4v) is 3.99. The van der Waals surface area contributed by atoms with E-state index in [9.17, 15) is 9.59 Å². The van der Waals surface area contributed by atoms with Crippen molar-refractivity contribution in [3.05, 3.63) is 82.4 Å². The number of nitrogens with one attached hydrogen (secondary N) is 3. The molecule has 0 aromatic heterocycles. The molecule has 0 atom stereocenters. The number of amidine groups is 1. The Bertz CT molecular complexity index is 1320. The second kappa shape index (κ2) is 18.1. The summed E-state index contributed by atoms with van der Waals surface area (Å²) >= 11 is 6.14. The molecule has 7 N–H and O–H groups in total. The number of oxime groups is 1. The van der Waals surface area contributed by atoms with E-state index in [4.69, 9.17) is 37.1 Å². The van der Waals surface area contributed by atoms with E-state index in [2.05, 4.69) is 21.1 Å². The molecule has 1 fully saturated rings. The average molecular weight is 600 g/mol. The summed E-state index contributed by atoms with van der Waals surface area (Å²) in [6.07, 6.45) is 2.78. The molecule has 3 aromatic carbocycles. The Hall–Kier alpha value is -4.48. The molecule has 1 saturated heterocycles. The normalized spacial score (nSPS) is 12.1. The number of benzene rings is 3. The molecular weight excluding hydrogens is 562 g/mol. The van der Waals surface area contributed by atoms with Crippen LogP contribution in [0.15, 0.2) is 65.8 Å². The minimum absolute atomic E-state index is 0.0477. The van der Waals surface area contributed by atoms with Crippen LogP contribution in [0.5, 0.6) is 11.5 Å². The van der Waals surface area contributed by atoms with E-state index in [0.717, 1.165) is 0 Å². The van der Waals surface area contributed by atoms with Crippen LogP contribution in [-0.2, 0) is 11.3 Å². The first-order valence-electron chi connectivity index (χ1n) is 13.5. The Morgan fingerprint density at radius 3 is 2.33 bits per heavy atom. The largest absolute Gasteiger partial charge is 0.493 e. The Kier molecular flexibility index (Phi) is 14.5. The van der Waals surface area contributed by atoms with Gasteiger partial charge in [-0.3, -0.25) is 4.79 Å². The highest BCUT2D eigenvalue weighted by atomic mass is 35.5. The van der Waals surface area contributed by atoms with E-state index < -0.39 is 18.5 Å². The van der Waals surface area contributed by atoms with Crippen molar-refractivity contribution in [2.75, 3.05) is 37.4 Å². The zero-order valence-corrected chi connectivity index (χ0v) is 24.7. The molecular formula is C30H38ClN5O6. The average Bonchev–Trinajstić information content (AvgIpc) is 3.61. The molecule has 1 aliphatic rings. The van der Waals surface area contributed by atoms with E-state index in [1.165, 1.54) is 39.1 Å². The maximum absolute atomic E-state index is 13.0. The maximum Gasteiger partial charge on any atom is 0.341 e. The number of anilines is 2. The van der Waals surface area contributed by atoms with E-state index in [-0.39, 0.29) is 23.7 Å². The maximum atomic E-state index is 13.0. The summed E-state index contributed by atoms with van der Waals surface area (Å²) in [7, 11) is 1.46. The molecule has 0 unspecified atom stereocenters. The van der Waals surface area contributed by atoms with E-state index >= 15 is 0 Å². The summed E-state index contributed by atoms with van der Waals surface area (Å²) in [6.45, 7) is 6.18. The molecule has 0 radical (unpaired) electrons. The third-order valence-corrected chi connectivity index (χ3v) is 6.05. The first-order chi connectivity index (χ1) is 20.3. The minimum atomic E-state index is -1.12. The quantitative estimate of drug-likeness (QED) is 0.0797. The highest BCUT2D eigenvalue weighted by molar-refractivity contribution is 6.31. The van der Waals surface area contributed by atoms with Gasteiger partial charge in [0.1, 0.15) is 0 Å². The van der Waals surface area contributed by atoms with Crippen LogP contribution < -0.4 is 31.2 Å². The van der Waals surface area contributed by atoms with E-state index in [1.807, 2.05) is 13.8 Å². The first kappa shape index (κ1) is 33.7. The first-order valence-corrected chi connectivity index (χ1v) is 13.8. The van der Waals surface area contributed by atoms with Gasteiger partial charge in [-0.2, -0.15) is 0 Å². The van der Waals surface area contributed by atoms with Crippen molar-refractivity contribution < 1.29 is 29.4 Å². The third-order valence-electron chi connectivity index (χ3n) is 5.82. The highest BCUT2D eigenvalue weighted by Crippen LogP contribution is 2.32. The molecule has 12 heteroatoms. The highest BCUT2D eigenvalue weighted by Gasteiger charge is 2.16. The molecule has 0 aliphatic carbocycles. The smallest absolute Gasteiger partial charge is 0.341 e. The molecule has 0 spiro atoms. The minimum Gasteiger partial charge on any atom is -0.493 e. The lowest BCUT2D eigenvalue weighted by Crippen LogP contribution is -2.16. The van der Waals surface area contributed by atoms with Gasteiger partial charge in [0, 0.05) is 34.1 Å². The standard InChI is InChI=1S/C24H23ClN4O6.C4H9N.C2H6/c1-34-20-4-2-3-15(22(20)35-13-21(30)31)12-27-19-10-7-16(25)11-18(19)24(32)28-17-8-5-14(6-9-17)23(26)29-33;1-2-4-5-3-1;1-2/h2-11,27,33H,12-13H2,1H3,(H2,26,29)(H,28,32)(H,30,31);5H,1-4H2;1-2H3. The van der Waals surface area contributed by atoms with Crippen LogP contribution in [0.1, 0.15) is 48.2 Å². The lowest BCUT2D eigenvalue weighted by molar-refractivity contribution is -0.139. The van der Waals surface area contributed by atoms with Gasteiger partial charge in [-0.05, 0) is 74.5 Å². The predicted molar refractivity (Wildman–Crippen MR) is 165 cm³/mol. The number of halogens is 1. The summed E-state index contributed by atoms with van der Waals surface area (Å²) in [4.78, 5) is 24.0. The van der Waals surface area contributed by atoms with Gasteiger partial charge in [0.15, 0.2) is 23.9 Å². The van der Waals surface area contributed by atoms with Gasteiger partial charge in [0.2, 0.25) is 0 Å².